The molecule has 0 saturated carbocycles. The number of benzene rings is 1. The van der Waals surface area contributed by atoms with Crippen LogP contribution in [0.5, 0.6) is 5.75 Å². The van der Waals surface area contributed by atoms with E-state index in [4.69, 9.17) is 5.73 Å². The van der Waals surface area contributed by atoms with Gasteiger partial charge in [0.25, 0.3) is 0 Å². The number of hydrogen-bond donors (Lipinski definition) is 2. The molecule has 0 radical (unpaired) electrons. The van der Waals surface area contributed by atoms with Crippen LogP contribution in [-0.4, -0.2) is 10.1 Å². The molecule has 6 heteroatoms. The highest BCUT2D eigenvalue weighted by atomic mass is 19.4. The molecule has 0 aliphatic heterocycles. The summed E-state index contributed by atoms with van der Waals surface area (Å²) < 4.78 is 37.1. The number of aromatic nitrogens is 1. The number of hydrogen-bond acceptors (Lipinski definition) is 3. The lowest BCUT2D eigenvalue weighted by Crippen LogP contribution is -2.05. The van der Waals surface area contributed by atoms with Crippen molar-refractivity contribution >= 4 is 5.69 Å². The van der Waals surface area contributed by atoms with E-state index in [2.05, 4.69) is 4.98 Å². The molecule has 2 rings (SSSR count). The van der Waals surface area contributed by atoms with Gasteiger partial charge in [0, 0.05) is 17.4 Å². The molecule has 3 N–H and O–H groups in total. The average molecular weight is 254 g/mol. The summed E-state index contributed by atoms with van der Waals surface area (Å²) in [6, 6.07) is 6.34. The minimum Gasteiger partial charge on any atom is -0.508 e. The molecule has 3 nitrogen and oxygen atoms in total. The van der Waals surface area contributed by atoms with Gasteiger partial charge in [-0.2, -0.15) is 13.2 Å². The Kier molecular flexibility index (Phi) is 2.86. The van der Waals surface area contributed by atoms with E-state index in [0.29, 0.717) is 11.3 Å². The number of phenols is 1. The molecule has 1 aromatic heterocycles. The van der Waals surface area contributed by atoms with Crippen LogP contribution in [0.3, 0.4) is 0 Å². The smallest absolute Gasteiger partial charge is 0.417 e. The van der Waals surface area contributed by atoms with E-state index in [-0.39, 0.29) is 11.4 Å². The van der Waals surface area contributed by atoms with Crippen LogP contribution in [-0.2, 0) is 6.18 Å². The third kappa shape index (κ3) is 2.37. The standard InChI is InChI=1S/C12H9F3N2O/c13-12(14,15)7-1-4-11(17-6-7)9-5-8(18)2-3-10(9)16/h1-6,18H,16H2. The number of anilines is 1. The number of nitrogens with zero attached hydrogens (tertiary/aromatic N) is 1. The number of pyridine rings is 1. The number of alkyl halides is 3. The first-order chi connectivity index (χ1) is 8.38. The molecule has 1 heterocycles. The zero-order chi connectivity index (χ0) is 13.3. The van der Waals surface area contributed by atoms with Crippen molar-refractivity contribution in [1.29, 1.82) is 0 Å². The monoisotopic (exact) mass is 254 g/mol. The normalized spacial score (nSPS) is 11.5. The van der Waals surface area contributed by atoms with Gasteiger partial charge in [0.15, 0.2) is 0 Å². The van der Waals surface area contributed by atoms with Gasteiger partial charge >= 0.3 is 6.18 Å². The second-order valence-electron chi connectivity index (χ2n) is 3.70. The summed E-state index contributed by atoms with van der Waals surface area (Å²) in [5.74, 6) is -0.0269. The summed E-state index contributed by atoms with van der Waals surface area (Å²) >= 11 is 0. The summed E-state index contributed by atoms with van der Waals surface area (Å²) in [7, 11) is 0. The Morgan fingerprint density at radius 3 is 2.39 bits per heavy atom. The Morgan fingerprint density at radius 2 is 1.83 bits per heavy atom. The molecule has 1 aromatic carbocycles. The zero-order valence-electron chi connectivity index (χ0n) is 9.07. The fourth-order valence-electron chi connectivity index (χ4n) is 1.49. The molecular formula is C12H9F3N2O. The van der Waals surface area contributed by atoms with Crippen LogP contribution in [0.2, 0.25) is 0 Å². The van der Waals surface area contributed by atoms with Crippen LogP contribution in [0.25, 0.3) is 11.3 Å². The Labute approximate surface area is 101 Å². The highest BCUT2D eigenvalue weighted by Crippen LogP contribution is 2.32. The fraction of sp³-hybridized carbons (Fsp3) is 0.0833. The molecule has 0 fully saturated rings. The minimum absolute atomic E-state index is 0.0269. The van der Waals surface area contributed by atoms with Gasteiger partial charge in [-0.1, -0.05) is 0 Å². The lowest BCUT2D eigenvalue weighted by Gasteiger charge is -2.08. The maximum atomic E-state index is 12.4. The summed E-state index contributed by atoms with van der Waals surface area (Å²) in [4.78, 5) is 3.71. The predicted octanol–water partition coefficient (Wildman–Crippen LogP) is 3.06. The van der Waals surface area contributed by atoms with Crippen LogP contribution >= 0.6 is 0 Å². The van der Waals surface area contributed by atoms with Crippen molar-refractivity contribution in [3.63, 3.8) is 0 Å². The molecule has 0 bridgehead atoms. The molecule has 0 saturated heterocycles. The fourth-order valence-corrected chi connectivity index (χ4v) is 1.49. The van der Waals surface area contributed by atoms with Gasteiger partial charge in [-0.25, -0.2) is 0 Å². The van der Waals surface area contributed by atoms with Gasteiger partial charge in [-0.3, -0.25) is 4.98 Å². The third-order valence-corrected chi connectivity index (χ3v) is 2.40. The number of aromatic hydroxyl groups is 1. The summed E-state index contributed by atoms with van der Waals surface area (Å²) in [5, 5.41) is 9.32. The van der Waals surface area contributed by atoms with Crippen molar-refractivity contribution in [2.75, 3.05) is 5.73 Å². The van der Waals surface area contributed by atoms with Gasteiger partial charge in [0.2, 0.25) is 0 Å². The van der Waals surface area contributed by atoms with Crippen LogP contribution in [0.4, 0.5) is 18.9 Å². The van der Waals surface area contributed by atoms with E-state index in [1.54, 1.807) is 0 Å². The molecule has 18 heavy (non-hydrogen) atoms. The van der Waals surface area contributed by atoms with E-state index >= 15 is 0 Å². The molecule has 94 valence electrons. The van der Waals surface area contributed by atoms with Crippen molar-refractivity contribution in [1.82, 2.24) is 4.98 Å². The molecule has 0 unspecified atom stereocenters. The van der Waals surface area contributed by atoms with Crippen LogP contribution in [0.15, 0.2) is 36.5 Å². The first-order valence-corrected chi connectivity index (χ1v) is 5.00. The predicted molar refractivity (Wildman–Crippen MR) is 60.8 cm³/mol. The second kappa shape index (κ2) is 4.21. The molecule has 2 aromatic rings. The van der Waals surface area contributed by atoms with Crippen LogP contribution in [0.1, 0.15) is 5.56 Å². The van der Waals surface area contributed by atoms with Crippen molar-refractivity contribution in [3.05, 3.63) is 42.1 Å². The molecule has 0 aliphatic rings. The van der Waals surface area contributed by atoms with E-state index in [0.717, 1.165) is 12.3 Å². The molecule has 0 aliphatic carbocycles. The lowest BCUT2D eigenvalue weighted by molar-refractivity contribution is -0.137. The molecule has 0 atom stereocenters. The van der Waals surface area contributed by atoms with Gasteiger partial charge < -0.3 is 10.8 Å². The van der Waals surface area contributed by atoms with E-state index in [1.165, 1.54) is 24.3 Å². The maximum Gasteiger partial charge on any atom is 0.417 e. The SMILES string of the molecule is Nc1ccc(O)cc1-c1ccc(C(F)(F)F)cn1. The Hall–Kier alpha value is -2.24. The van der Waals surface area contributed by atoms with Crippen LogP contribution < -0.4 is 5.73 Å². The third-order valence-electron chi connectivity index (χ3n) is 2.40. The Balaban J connectivity index is 2.43. The number of phenolic OH excluding ortho intramolecular Hbond substituents is 1. The van der Waals surface area contributed by atoms with Gasteiger partial charge in [0.1, 0.15) is 5.75 Å². The molecular weight excluding hydrogens is 245 g/mol. The number of nitrogen functional groups attached to an aromatic ring is 1. The first-order valence-electron chi connectivity index (χ1n) is 5.00. The van der Waals surface area contributed by atoms with Crippen molar-refractivity contribution in [2.24, 2.45) is 0 Å². The van der Waals surface area contributed by atoms with Crippen molar-refractivity contribution in [3.8, 4) is 17.0 Å². The van der Waals surface area contributed by atoms with Crippen molar-refractivity contribution in [2.45, 2.75) is 6.18 Å². The second-order valence-corrected chi connectivity index (χ2v) is 3.70. The molecule has 0 amide bonds. The van der Waals surface area contributed by atoms with E-state index < -0.39 is 11.7 Å². The summed E-state index contributed by atoms with van der Waals surface area (Å²) in [5.41, 5.74) is 5.84. The van der Waals surface area contributed by atoms with Gasteiger partial charge in [-0.15, -0.1) is 0 Å². The Bertz CT molecular complexity index is 565. The van der Waals surface area contributed by atoms with E-state index in [9.17, 15) is 18.3 Å². The summed E-state index contributed by atoms with van der Waals surface area (Å²) in [6.45, 7) is 0. The Morgan fingerprint density at radius 1 is 1.11 bits per heavy atom. The zero-order valence-corrected chi connectivity index (χ0v) is 9.07. The first kappa shape index (κ1) is 12.2. The number of rotatable bonds is 1. The highest BCUT2D eigenvalue weighted by molar-refractivity contribution is 5.75. The minimum atomic E-state index is -4.42. The van der Waals surface area contributed by atoms with Crippen molar-refractivity contribution < 1.29 is 18.3 Å². The van der Waals surface area contributed by atoms with Crippen LogP contribution in [0, 0.1) is 0 Å². The lowest BCUT2D eigenvalue weighted by atomic mass is 10.1. The highest BCUT2D eigenvalue weighted by Gasteiger charge is 2.30. The van der Waals surface area contributed by atoms with Gasteiger partial charge in [0.05, 0.1) is 11.3 Å². The van der Waals surface area contributed by atoms with Gasteiger partial charge in [-0.05, 0) is 30.3 Å². The van der Waals surface area contributed by atoms with E-state index in [1.807, 2.05) is 0 Å². The topological polar surface area (TPSA) is 59.1 Å². The number of nitrogens with two attached hydrogens (primary N) is 1. The molecule has 0 spiro atoms. The maximum absolute atomic E-state index is 12.4. The summed E-state index contributed by atoms with van der Waals surface area (Å²) in [6.07, 6.45) is -3.69. The quantitative estimate of drug-likeness (QED) is 0.607. The number of halogens is 3. The average Bonchev–Trinajstić information content (AvgIpc) is 2.31. The largest absolute Gasteiger partial charge is 0.508 e.